The van der Waals surface area contributed by atoms with E-state index in [1.165, 1.54) is 5.56 Å². The molecule has 1 N–H and O–H groups in total. The fourth-order valence-electron chi connectivity index (χ4n) is 8.54. The first-order valence-electron chi connectivity index (χ1n) is 25.6. The molecule has 6 aromatic carbocycles. The van der Waals surface area contributed by atoms with E-state index in [1.54, 1.807) is 0 Å². The van der Waals surface area contributed by atoms with E-state index >= 15 is 0 Å². The van der Waals surface area contributed by atoms with E-state index in [9.17, 15) is 7.85 Å². The van der Waals surface area contributed by atoms with E-state index in [0.717, 1.165) is 55.8 Å². The van der Waals surface area contributed by atoms with Crippen molar-refractivity contribution in [1.82, 2.24) is 14.5 Å². The molecular weight excluding hydrogens is 998 g/mol. The van der Waals surface area contributed by atoms with E-state index in [0.29, 0.717) is 33.7 Å². The smallest absolute Gasteiger partial charge is 0.148 e. The molecular formula is C62H68N3OPt-. The number of phenolic OH excluding ortho intramolecular Hbond substituents is 1. The Bertz CT molecular complexity index is 3360. The van der Waals surface area contributed by atoms with Crippen LogP contribution >= 0.6 is 0 Å². The summed E-state index contributed by atoms with van der Waals surface area (Å²) in [5.41, 5.74) is 12.1. The summed E-state index contributed by atoms with van der Waals surface area (Å²) in [5, 5.41) is 12.6. The van der Waals surface area contributed by atoms with Crippen molar-refractivity contribution in [2.45, 2.75) is 131 Å². The Morgan fingerprint density at radius 2 is 1.10 bits per heavy atom. The van der Waals surface area contributed by atoms with Crippen LogP contribution in [0.5, 0.6) is 5.75 Å². The average Bonchev–Trinajstić information content (AvgIpc) is 3.68. The molecule has 0 bridgehead atoms. The van der Waals surface area contributed by atoms with Crippen LogP contribution in [0.2, 0.25) is 0 Å². The van der Waals surface area contributed by atoms with Gasteiger partial charge < -0.3 is 5.11 Å². The molecule has 4 nitrogen and oxygen atoms in total. The Kier molecular flexibility index (Phi) is 11.4. The predicted octanol–water partition coefficient (Wildman–Crippen LogP) is 16.7. The van der Waals surface area contributed by atoms with Crippen LogP contribution in [0.15, 0.2) is 133 Å². The van der Waals surface area contributed by atoms with Crippen molar-refractivity contribution < 1.29 is 33.0 Å². The predicted molar refractivity (Wildman–Crippen MR) is 280 cm³/mol. The topological polar surface area (TPSA) is 50.9 Å². The Morgan fingerprint density at radius 3 is 1.72 bits per heavy atom. The Hall–Kier alpha value is -5.57. The second kappa shape index (κ2) is 17.8. The third-order valence-corrected chi connectivity index (χ3v) is 12.7. The number of phenols is 1. The number of nitrogens with zero attached hydrogens (tertiary/aromatic N) is 3. The normalized spacial score (nSPS) is 13.7. The van der Waals surface area contributed by atoms with Gasteiger partial charge in [0.25, 0.3) is 0 Å². The molecule has 348 valence electrons. The molecule has 0 saturated heterocycles. The van der Waals surface area contributed by atoms with Crippen molar-refractivity contribution in [3.63, 3.8) is 0 Å². The Labute approximate surface area is 422 Å². The van der Waals surface area contributed by atoms with Gasteiger partial charge in [0.05, 0.1) is 29.1 Å². The van der Waals surface area contributed by atoms with Gasteiger partial charge in [0.2, 0.25) is 0 Å². The van der Waals surface area contributed by atoms with Crippen LogP contribution in [0.25, 0.3) is 72.7 Å². The minimum absolute atomic E-state index is 0. The van der Waals surface area contributed by atoms with Gasteiger partial charge in [0, 0.05) is 44.1 Å². The van der Waals surface area contributed by atoms with Crippen molar-refractivity contribution in [3.8, 4) is 67.5 Å². The zero-order chi connectivity index (χ0) is 52.1. The van der Waals surface area contributed by atoms with Gasteiger partial charge in [-0.1, -0.05) is 200 Å². The van der Waals surface area contributed by atoms with E-state index in [1.807, 2.05) is 53.2 Å². The molecule has 5 heteroatoms. The summed E-state index contributed by atoms with van der Waals surface area (Å²) in [6.45, 7) is 32.3. The summed E-state index contributed by atoms with van der Waals surface area (Å²) in [6, 6.07) is 35.3. The van der Waals surface area contributed by atoms with Crippen molar-refractivity contribution in [2.24, 2.45) is 0 Å². The summed E-state index contributed by atoms with van der Waals surface area (Å²) >= 11 is 0. The molecule has 0 radical (unpaired) electrons. The van der Waals surface area contributed by atoms with Crippen LogP contribution in [0.4, 0.5) is 0 Å². The number of aromatic nitrogens is 3. The number of para-hydroxylation sites is 1. The molecule has 0 atom stereocenters. The van der Waals surface area contributed by atoms with Crippen molar-refractivity contribution in [1.29, 1.82) is 0 Å². The molecule has 2 heterocycles. The van der Waals surface area contributed by atoms with Gasteiger partial charge in [-0.3, -0.25) is 9.55 Å². The summed E-state index contributed by atoms with van der Waals surface area (Å²) in [5.74, 6) is 0.541. The summed E-state index contributed by atoms with van der Waals surface area (Å²) in [6.07, 6.45) is 1.86. The molecule has 0 aliphatic carbocycles. The third kappa shape index (κ3) is 10.0. The quantitative estimate of drug-likeness (QED) is 0.169. The van der Waals surface area contributed by atoms with E-state index in [2.05, 4.69) is 165 Å². The van der Waals surface area contributed by atoms with Crippen LogP contribution < -0.4 is 0 Å². The molecule has 0 spiro atoms. The second-order valence-corrected chi connectivity index (χ2v) is 23.0. The van der Waals surface area contributed by atoms with Gasteiger partial charge in [0.15, 0.2) is 0 Å². The fraction of sp³-hybridized carbons (Fsp3) is 0.323. The van der Waals surface area contributed by atoms with E-state index < -0.39 is 23.5 Å². The molecule has 8 rings (SSSR count). The van der Waals surface area contributed by atoms with Crippen LogP contribution in [-0.4, -0.2) is 19.6 Å². The maximum atomic E-state index is 12.6. The van der Waals surface area contributed by atoms with Crippen LogP contribution in [0.3, 0.4) is 0 Å². The zero-order valence-corrected chi connectivity index (χ0v) is 44.2. The molecule has 0 aliphatic rings. The Morgan fingerprint density at radius 1 is 0.522 bits per heavy atom. The minimum atomic E-state index is -0.459. The molecule has 67 heavy (non-hydrogen) atoms. The average molecular weight is 1070 g/mol. The third-order valence-electron chi connectivity index (χ3n) is 12.7. The first-order valence-corrected chi connectivity index (χ1v) is 23.1. The van der Waals surface area contributed by atoms with Crippen LogP contribution in [0.1, 0.15) is 139 Å². The first-order chi connectivity index (χ1) is 32.9. The summed E-state index contributed by atoms with van der Waals surface area (Å²) in [4.78, 5) is 10.5. The van der Waals surface area contributed by atoms with Gasteiger partial charge in [-0.05, 0) is 90.8 Å². The standard InChI is InChI=1S/C62H68N3O.Pt/c1-58(2,3)44-26-24-39(25-27-44)41-30-31-63-52(35-41)43-32-42(33-46(34-43)60(7,8)9)48-22-19-23-54-55(48)64-57(50-37-47(61(10,11)12)38-51(56(50)66)62(13,14)15)65(54)53-29-28-45(59(4,5)6)36-49(53)40-20-17-16-18-21-40;/h16-31,33-38,66H,1-15H3;/q-1;/i16D,17D,18D,20D,21D;. The number of pyridine rings is 1. The van der Waals surface area contributed by atoms with Gasteiger partial charge >= 0.3 is 0 Å². The minimum Gasteiger partial charge on any atom is -0.507 e. The summed E-state index contributed by atoms with van der Waals surface area (Å²) < 4.78 is 46.6. The molecule has 0 amide bonds. The number of imidazole rings is 1. The number of fused-ring (bicyclic) bond motifs is 1. The summed E-state index contributed by atoms with van der Waals surface area (Å²) in [7, 11) is 0. The van der Waals surface area contributed by atoms with Crippen molar-refractivity contribution in [2.75, 3.05) is 0 Å². The van der Waals surface area contributed by atoms with Gasteiger partial charge in [-0.15, -0.1) is 29.3 Å². The molecule has 0 saturated carbocycles. The maximum absolute atomic E-state index is 12.6. The van der Waals surface area contributed by atoms with Gasteiger partial charge in [0.1, 0.15) is 11.6 Å². The van der Waals surface area contributed by atoms with Crippen molar-refractivity contribution in [3.05, 3.63) is 167 Å². The number of benzene rings is 6. The molecule has 8 aromatic rings. The largest absolute Gasteiger partial charge is 0.507 e. The van der Waals surface area contributed by atoms with Crippen molar-refractivity contribution >= 4 is 11.0 Å². The number of rotatable bonds is 6. The number of hydrogen-bond acceptors (Lipinski definition) is 3. The van der Waals surface area contributed by atoms with Gasteiger partial charge in [-0.25, -0.2) is 4.98 Å². The van der Waals surface area contributed by atoms with E-state index in [4.69, 9.17) is 14.1 Å². The Balaban J connectivity index is 0.00000760. The molecule has 0 fully saturated rings. The van der Waals surface area contributed by atoms with E-state index in [-0.39, 0.29) is 66.1 Å². The molecule has 0 unspecified atom stereocenters. The zero-order valence-electron chi connectivity index (χ0n) is 46.9. The fourth-order valence-corrected chi connectivity index (χ4v) is 8.54. The monoisotopic (exact) mass is 1070 g/mol. The van der Waals surface area contributed by atoms with Gasteiger partial charge in [-0.2, -0.15) is 0 Å². The maximum Gasteiger partial charge on any atom is 0.148 e. The molecule has 2 aromatic heterocycles. The number of hydrogen-bond donors (Lipinski definition) is 1. The SMILES string of the molecule is [2H]c1c([2H])c([2H])c(-c2cc(C(C)(C)C)ccc2-n2c(-c3cc(C(C)(C)C)cc(C(C)(C)C)c3O)nc3c(-c4[c-]c(-c5cc(-c6ccc(C(C)(C)C)cc6)ccn5)cc(C(C)(C)C)c4)cccc32)c([2H])c1[2H].[Pt]. The number of aromatic hydroxyl groups is 1. The van der Waals surface area contributed by atoms with Crippen LogP contribution in [0, 0.1) is 6.07 Å². The second-order valence-electron chi connectivity index (χ2n) is 23.0. The first kappa shape index (κ1) is 42.8. The van der Waals surface area contributed by atoms with Crippen LogP contribution in [-0.2, 0) is 48.1 Å². The molecule has 0 aliphatic heterocycles.